The molecule has 2 atom stereocenters. The van der Waals surface area contributed by atoms with E-state index in [0.29, 0.717) is 12.6 Å². The minimum atomic E-state index is -0.343. The minimum Gasteiger partial charge on any atom is -0.349 e. The van der Waals surface area contributed by atoms with Gasteiger partial charge in [0.15, 0.2) is 0 Å². The summed E-state index contributed by atoms with van der Waals surface area (Å²) in [5.74, 6) is 0.126. The van der Waals surface area contributed by atoms with Crippen LogP contribution in [0, 0.1) is 5.41 Å². The number of nitrogens with one attached hydrogen (secondary N) is 2. The van der Waals surface area contributed by atoms with Gasteiger partial charge in [0.05, 0.1) is 18.0 Å². The van der Waals surface area contributed by atoms with Crippen molar-refractivity contribution in [2.24, 2.45) is 5.41 Å². The van der Waals surface area contributed by atoms with Gasteiger partial charge in [-0.05, 0) is 17.0 Å². The number of benzene rings is 1. The molecular weight excluding hydrogens is 316 g/mol. The summed E-state index contributed by atoms with van der Waals surface area (Å²) >= 11 is 1.79. The van der Waals surface area contributed by atoms with Crippen LogP contribution in [0.25, 0.3) is 0 Å². The van der Waals surface area contributed by atoms with Crippen molar-refractivity contribution in [2.45, 2.75) is 39.8 Å². The Morgan fingerprint density at radius 3 is 2.62 bits per heavy atom. The van der Waals surface area contributed by atoms with Gasteiger partial charge in [0.1, 0.15) is 12.6 Å². The van der Waals surface area contributed by atoms with Crippen LogP contribution in [0.5, 0.6) is 0 Å². The quantitative estimate of drug-likeness (QED) is 0.879. The number of carbonyl (C=O) groups excluding carboxylic acids is 1. The second-order valence-electron chi connectivity index (χ2n) is 7.63. The molecule has 2 aromatic rings. The van der Waals surface area contributed by atoms with Crippen molar-refractivity contribution in [2.75, 3.05) is 13.1 Å². The predicted molar refractivity (Wildman–Crippen MR) is 99.2 cm³/mol. The lowest BCUT2D eigenvalue weighted by molar-refractivity contribution is -0.945. The number of hydrogen-bond donors (Lipinski definition) is 2. The molecule has 128 valence electrons. The highest BCUT2D eigenvalue weighted by Gasteiger charge is 2.30. The summed E-state index contributed by atoms with van der Waals surface area (Å²) in [5.41, 5.74) is 2.58. The van der Waals surface area contributed by atoms with Crippen LogP contribution in [0.3, 0.4) is 0 Å². The van der Waals surface area contributed by atoms with Crippen LogP contribution < -0.4 is 10.2 Å². The molecule has 3 rings (SSSR count). The van der Waals surface area contributed by atoms with Crippen LogP contribution in [-0.2, 0) is 17.8 Å². The van der Waals surface area contributed by atoms with Crippen LogP contribution >= 0.6 is 11.3 Å². The number of quaternary nitrogens is 1. The standard InChI is InChI=1S/C20H26N2OS/c1-20(2,3)19(23)21-13-17(18-9-6-12-24-18)22-11-10-15-7-4-5-8-16(15)14-22/h4-9,12,17H,10-11,13-14H2,1-3H3,(H,21,23)/p+1/t17-/m0/s1. The third kappa shape index (κ3) is 3.87. The number of thiophene rings is 1. The largest absolute Gasteiger partial charge is 0.349 e. The Morgan fingerprint density at radius 1 is 1.21 bits per heavy atom. The first kappa shape index (κ1) is 17.2. The smallest absolute Gasteiger partial charge is 0.225 e. The van der Waals surface area contributed by atoms with E-state index in [4.69, 9.17) is 0 Å². The molecule has 0 fully saturated rings. The number of fused-ring (bicyclic) bond motifs is 1. The van der Waals surface area contributed by atoms with Crippen LogP contribution in [0.2, 0.25) is 0 Å². The van der Waals surface area contributed by atoms with Crippen molar-refractivity contribution in [1.29, 1.82) is 0 Å². The van der Waals surface area contributed by atoms with Gasteiger partial charge >= 0.3 is 0 Å². The van der Waals surface area contributed by atoms with Crippen molar-refractivity contribution in [3.05, 3.63) is 57.8 Å². The second kappa shape index (κ2) is 7.08. The molecule has 0 aliphatic carbocycles. The van der Waals surface area contributed by atoms with E-state index in [1.807, 2.05) is 20.8 Å². The highest BCUT2D eigenvalue weighted by atomic mass is 32.1. The molecule has 2 N–H and O–H groups in total. The molecular formula is C20H27N2OS+. The molecule has 24 heavy (non-hydrogen) atoms. The van der Waals surface area contributed by atoms with Crippen LogP contribution in [0.1, 0.15) is 42.8 Å². The van der Waals surface area contributed by atoms with Gasteiger partial charge in [-0.3, -0.25) is 4.79 Å². The van der Waals surface area contributed by atoms with E-state index in [1.165, 1.54) is 16.0 Å². The molecule has 1 aliphatic rings. The van der Waals surface area contributed by atoms with E-state index in [2.05, 4.69) is 47.1 Å². The third-order valence-corrected chi connectivity index (χ3v) is 5.76. The lowest BCUT2D eigenvalue weighted by atomic mass is 9.95. The van der Waals surface area contributed by atoms with Gasteiger partial charge in [-0.25, -0.2) is 0 Å². The third-order valence-electron chi connectivity index (χ3n) is 4.78. The average Bonchev–Trinajstić information content (AvgIpc) is 3.08. The molecule has 0 spiro atoms. The molecule has 1 aliphatic heterocycles. The maximum Gasteiger partial charge on any atom is 0.225 e. The normalized spacial score (nSPS) is 18.7. The second-order valence-corrected chi connectivity index (χ2v) is 8.61. The highest BCUT2D eigenvalue weighted by molar-refractivity contribution is 7.10. The van der Waals surface area contributed by atoms with Gasteiger partial charge in [0.2, 0.25) is 5.91 Å². The van der Waals surface area contributed by atoms with E-state index in [9.17, 15) is 4.79 Å². The SMILES string of the molecule is CC(C)(C)C(=O)NC[C@@H](c1cccs1)[NH+]1CCc2ccccc2C1. The van der Waals surface area contributed by atoms with Crippen molar-refractivity contribution in [3.63, 3.8) is 0 Å². The first-order valence-electron chi connectivity index (χ1n) is 8.68. The summed E-state index contributed by atoms with van der Waals surface area (Å²) in [6.07, 6.45) is 1.11. The molecule has 4 heteroatoms. The molecule has 1 unspecified atom stereocenters. The average molecular weight is 344 g/mol. The van der Waals surface area contributed by atoms with Gasteiger partial charge < -0.3 is 10.2 Å². The minimum absolute atomic E-state index is 0.126. The Hall–Kier alpha value is -1.65. The summed E-state index contributed by atoms with van der Waals surface area (Å²) < 4.78 is 0. The lowest BCUT2D eigenvalue weighted by Crippen LogP contribution is -3.12. The van der Waals surface area contributed by atoms with Crippen LogP contribution in [0.15, 0.2) is 41.8 Å². The van der Waals surface area contributed by atoms with Gasteiger partial charge in [-0.2, -0.15) is 0 Å². The van der Waals surface area contributed by atoms with Gasteiger partial charge in [0, 0.05) is 17.4 Å². The topological polar surface area (TPSA) is 33.5 Å². The zero-order valence-electron chi connectivity index (χ0n) is 14.8. The molecule has 0 radical (unpaired) electrons. The fourth-order valence-corrected chi connectivity index (χ4v) is 4.18. The number of hydrogen-bond acceptors (Lipinski definition) is 2. The van der Waals surface area contributed by atoms with Gasteiger partial charge in [0.25, 0.3) is 0 Å². The molecule has 0 bridgehead atoms. The first-order valence-corrected chi connectivity index (χ1v) is 9.56. The maximum absolute atomic E-state index is 12.3. The molecule has 3 nitrogen and oxygen atoms in total. The van der Waals surface area contributed by atoms with E-state index < -0.39 is 0 Å². The fourth-order valence-electron chi connectivity index (χ4n) is 3.30. The summed E-state index contributed by atoms with van der Waals surface area (Å²) in [5, 5.41) is 5.31. The first-order chi connectivity index (χ1) is 11.4. The van der Waals surface area contributed by atoms with Gasteiger partial charge in [-0.15, -0.1) is 11.3 Å². The fraction of sp³-hybridized carbons (Fsp3) is 0.450. The van der Waals surface area contributed by atoms with Crippen molar-refractivity contribution < 1.29 is 9.69 Å². The van der Waals surface area contributed by atoms with Crippen molar-refractivity contribution in [1.82, 2.24) is 5.32 Å². The summed E-state index contributed by atoms with van der Waals surface area (Å²) in [7, 11) is 0. The van der Waals surface area contributed by atoms with E-state index in [-0.39, 0.29) is 11.3 Å². The van der Waals surface area contributed by atoms with E-state index >= 15 is 0 Å². The number of carbonyl (C=O) groups is 1. The van der Waals surface area contributed by atoms with Crippen molar-refractivity contribution >= 4 is 17.2 Å². The van der Waals surface area contributed by atoms with Crippen LogP contribution in [-0.4, -0.2) is 19.0 Å². The summed E-state index contributed by atoms with van der Waals surface area (Å²) in [6, 6.07) is 13.4. The monoisotopic (exact) mass is 343 g/mol. The molecule has 0 saturated carbocycles. The Labute approximate surface area is 148 Å². The molecule has 1 aromatic carbocycles. The lowest BCUT2D eigenvalue weighted by Gasteiger charge is -2.33. The summed E-state index contributed by atoms with van der Waals surface area (Å²) in [4.78, 5) is 15.2. The van der Waals surface area contributed by atoms with E-state index in [0.717, 1.165) is 19.5 Å². The molecule has 2 heterocycles. The Kier molecular flexibility index (Phi) is 5.07. The Morgan fingerprint density at radius 2 is 1.96 bits per heavy atom. The Bertz CT molecular complexity index is 688. The number of amides is 1. The van der Waals surface area contributed by atoms with Crippen LogP contribution in [0.4, 0.5) is 0 Å². The maximum atomic E-state index is 12.3. The molecule has 1 amide bonds. The zero-order valence-corrected chi connectivity index (χ0v) is 15.6. The predicted octanol–water partition coefficient (Wildman–Crippen LogP) is 2.59. The van der Waals surface area contributed by atoms with Crippen molar-refractivity contribution in [3.8, 4) is 0 Å². The Balaban J connectivity index is 1.76. The summed E-state index contributed by atoms with van der Waals surface area (Å²) in [6.45, 7) is 8.74. The highest BCUT2D eigenvalue weighted by Crippen LogP contribution is 2.20. The number of rotatable bonds is 4. The molecule has 1 aromatic heterocycles. The van der Waals surface area contributed by atoms with Gasteiger partial charge in [-0.1, -0.05) is 51.1 Å². The zero-order chi connectivity index (χ0) is 17.2. The van der Waals surface area contributed by atoms with E-state index in [1.54, 1.807) is 16.2 Å². The molecule has 0 saturated heterocycles.